The van der Waals surface area contributed by atoms with Crippen molar-refractivity contribution in [2.75, 3.05) is 13.2 Å². The van der Waals surface area contributed by atoms with Crippen molar-refractivity contribution in [3.63, 3.8) is 0 Å². The van der Waals surface area contributed by atoms with Crippen molar-refractivity contribution >= 4 is 34.3 Å². The van der Waals surface area contributed by atoms with Crippen molar-refractivity contribution in [2.45, 2.75) is 91.3 Å². The maximum Gasteiger partial charge on any atom is 0.333 e. The van der Waals surface area contributed by atoms with Crippen LogP contribution in [0.4, 0.5) is 0 Å². The molecular weight excluding hydrogens is 516 g/mol. The molecule has 0 aliphatic rings. The molecule has 0 aliphatic heterocycles. The third-order valence-electron chi connectivity index (χ3n) is 6.25. The summed E-state index contributed by atoms with van der Waals surface area (Å²) in [5, 5.41) is 1.97. The van der Waals surface area contributed by atoms with E-state index >= 15 is 0 Å². The number of fused-ring (bicyclic) bond motifs is 1. The number of hydrogen-bond donors (Lipinski definition) is 0. The lowest BCUT2D eigenvalue weighted by Gasteiger charge is -2.22. The number of unbranched alkanes of at least 4 members (excludes halogenated alkanes) is 4. The molecule has 0 amide bonds. The van der Waals surface area contributed by atoms with E-state index in [4.69, 9.17) is 30.5 Å². The van der Waals surface area contributed by atoms with Gasteiger partial charge < -0.3 is 18.9 Å². The average Bonchev–Trinajstić information content (AvgIpc) is 2.90. The predicted molar refractivity (Wildman–Crippen MR) is 158 cm³/mol. The number of ether oxygens (including phenoxy) is 4. The molecule has 2 rings (SSSR count). The number of rotatable bonds is 18. The third kappa shape index (κ3) is 10.6. The summed E-state index contributed by atoms with van der Waals surface area (Å²) in [6, 6.07) is 9.37. The minimum Gasteiger partial charge on any atom is -0.489 e. The second-order valence-corrected chi connectivity index (χ2v) is 10.4. The van der Waals surface area contributed by atoms with Crippen LogP contribution in [0.3, 0.4) is 0 Å². The fraction of sp³-hybridized carbons (Fsp3) is 0.500. The van der Waals surface area contributed by atoms with Gasteiger partial charge >= 0.3 is 11.9 Å². The van der Waals surface area contributed by atoms with Gasteiger partial charge in [-0.2, -0.15) is 0 Å². The van der Waals surface area contributed by atoms with Crippen LogP contribution in [0, 0.1) is 0 Å². The lowest BCUT2D eigenvalue weighted by molar-refractivity contribution is -0.147. The minimum absolute atomic E-state index is 0.170. The molecule has 39 heavy (non-hydrogen) atoms. The molecule has 7 heteroatoms. The van der Waals surface area contributed by atoms with Gasteiger partial charge in [-0.05, 0) is 39.5 Å². The van der Waals surface area contributed by atoms with E-state index in [1.165, 1.54) is 0 Å². The Kier molecular flexibility index (Phi) is 13.9. The van der Waals surface area contributed by atoms with Crippen molar-refractivity contribution in [3.8, 4) is 11.5 Å². The molecule has 2 unspecified atom stereocenters. The van der Waals surface area contributed by atoms with E-state index in [-0.39, 0.29) is 13.2 Å². The highest BCUT2D eigenvalue weighted by Gasteiger charge is 2.21. The fourth-order valence-corrected chi connectivity index (χ4v) is 4.26. The Labute approximate surface area is 238 Å². The van der Waals surface area contributed by atoms with Gasteiger partial charge in [-0.1, -0.05) is 88.6 Å². The number of halogens is 1. The molecule has 214 valence electrons. The molecule has 0 spiro atoms. The van der Waals surface area contributed by atoms with Crippen LogP contribution >= 0.6 is 11.6 Å². The summed E-state index contributed by atoms with van der Waals surface area (Å²) in [5.74, 6) is 0.218. The Hall–Kier alpha value is -2.99. The first-order valence-corrected chi connectivity index (χ1v) is 14.2. The van der Waals surface area contributed by atoms with Gasteiger partial charge in [0.25, 0.3) is 0 Å². The predicted octanol–water partition coefficient (Wildman–Crippen LogP) is 8.39. The SMILES string of the molecule is C=C(C)C(=O)OC(CCCCC)COc1cc(Cl)c(OCC(CCCCC)OC(=O)C(=C)C)c2ccccc12. The summed E-state index contributed by atoms with van der Waals surface area (Å²) in [6.07, 6.45) is 6.62. The maximum atomic E-state index is 12.2. The number of hydrogen-bond acceptors (Lipinski definition) is 6. The van der Waals surface area contributed by atoms with Crippen molar-refractivity contribution in [3.05, 3.63) is 59.7 Å². The summed E-state index contributed by atoms with van der Waals surface area (Å²) in [4.78, 5) is 24.4. The van der Waals surface area contributed by atoms with E-state index in [9.17, 15) is 9.59 Å². The van der Waals surface area contributed by atoms with Gasteiger partial charge in [0.05, 0.1) is 5.02 Å². The zero-order valence-corrected chi connectivity index (χ0v) is 24.6. The molecule has 0 N–H and O–H groups in total. The van der Waals surface area contributed by atoms with E-state index in [1.54, 1.807) is 19.9 Å². The highest BCUT2D eigenvalue weighted by atomic mass is 35.5. The molecular formula is C32H43ClO6. The zero-order valence-electron chi connectivity index (χ0n) is 23.9. The van der Waals surface area contributed by atoms with Gasteiger partial charge in [0.1, 0.15) is 36.9 Å². The van der Waals surface area contributed by atoms with E-state index in [0.717, 1.165) is 49.3 Å². The van der Waals surface area contributed by atoms with Crippen LogP contribution in [-0.2, 0) is 19.1 Å². The van der Waals surface area contributed by atoms with E-state index in [1.807, 2.05) is 24.3 Å². The molecule has 2 aromatic carbocycles. The summed E-state index contributed by atoms with van der Waals surface area (Å²) < 4.78 is 23.6. The molecule has 2 atom stereocenters. The van der Waals surface area contributed by atoms with Crippen LogP contribution in [0.15, 0.2) is 54.6 Å². The minimum atomic E-state index is -0.430. The van der Waals surface area contributed by atoms with E-state index < -0.39 is 24.1 Å². The number of benzene rings is 2. The second-order valence-electron chi connectivity index (χ2n) is 9.96. The van der Waals surface area contributed by atoms with Crippen LogP contribution in [0.25, 0.3) is 10.8 Å². The van der Waals surface area contributed by atoms with Crippen LogP contribution in [-0.4, -0.2) is 37.4 Å². The number of carbonyl (C=O) groups is 2. The van der Waals surface area contributed by atoms with Gasteiger partial charge in [-0.3, -0.25) is 0 Å². The Morgan fingerprint density at radius 1 is 0.795 bits per heavy atom. The Balaban J connectivity index is 2.23. The smallest absolute Gasteiger partial charge is 0.333 e. The summed E-state index contributed by atoms with van der Waals surface area (Å²) in [6.45, 7) is 15.2. The summed E-state index contributed by atoms with van der Waals surface area (Å²) in [5.41, 5.74) is 0.704. The van der Waals surface area contributed by atoms with Crippen molar-refractivity contribution in [2.24, 2.45) is 0 Å². The number of carbonyl (C=O) groups excluding carboxylic acids is 2. The average molecular weight is 559 g/mol. The molecule has 6 nitrogen and oxygen atoms in total. The first-order valence-electron chi connectivity index (χ1n) is 13.9. The molecule has 0 saturated heterocycles. The molecule has 0 heterocycles. The standard InChI is InChI=1S/C32H43ClO6/c1-7-9-11-15-24(38-31(34)22(3)4)20-36-29-19-28(33)30(27-18-14-13-17-26(27)29)37-21-25(16-12-10-8-2)39-32(35)23(5)6/h13-14,17-19,24-25H,3,5,7-12,15-16,20-21H2,1-2,4,6H3. The normalized spacial score (nSPS) is 12.4. The van der Waals surface area contributed by atoms with Crippen molar-refractivity contribution < 1.29 is 28.5 Å². The third-order valence-corrected chi connectivity index (χ3v) is 6.53. The van der Waals surface area contributed by atoms with Crippen molar-refractivity contribution in [1.29, 1.82) is 0 Å². The molecule has 0 bridgehead atoms. The molecule has 0 aliphatic carbocycles. The lowest BCUT2D eigenvalue weighted by Crippen LogP contribution is -2.26. The first kappa shape index (κ1) is 32.2. The van der Waals surface area contributed by atoms with Crippen LogP contribution in [0.1, 0.15) is 79.1 Å². The van der Waals surface area contributed by atoms with Gasteiger partial charge in [0.15, 0.2) is 0 Å². The summed E-state index contributed by atoms with van der Waals surface area (Å²) >= 11 is 6.69. The van der Waals surface area contributed by atoms with Crippen LogP contribution in [0.2, 0.25) is 5.02 Å². The molecule has 0 saturated carbocycles. The van der Waals surface area contributed by atoms with Crippen molar-refractivity contribution in [1.82, 2.24) is 0 Å². The van der Waals surface area contributed by atoms with Gasteiger partial charge in [0, 0.05) is 28.0 Å². The van der Waals surface area contributed by atoms with Gasteiger partial charge in [-0.25, -0.2) is 9.59 Å². The summed E-state index contributed by atoms with van der Waals surface area (Å²) in [7, 11) is 0. The molecule has 0 aromatic heterocycles. The zero-order chi connectivity index (χ0) is 28.8. The number of esters is 2. The first-order chi connectivity index (χ1) is 18.7. The highest BCUT2D eigenvalue weighted by molar-refractivity contribution is 6.33. The lowest BCUT2D eigenvalue weighted by atomic mass is 10.1. The largest absolute Gasteiger partial charge is 0.489 e. The molecule has 0 fully saturated rings. The quantitative estimate of drug-likeness (QED) is 0.104. The van der Waals surface area contributed by atoms with Gasteiger partial charge in [0.2, 0.25) is 0 Å². The Morgan fingerprint density at radius 2 is 1.28 bits per heavy atom. The second kappa shape index (κ2) is 16.9. The van der Waals surface area contributed by atoms with Crippen LogP contribution in [0.5, 0.6) is 11.5 Å². The fourth-order valence-electron chi connectivity index (χ4n) is 4.01. The molecule has 0 radical (unpaired) electrons. The molecule has 2 aromatic rings. The Morgan fingerprint density at radius 3 is 1.77 bits per heavy atom. The topological polar surface area (TPSA) is 71.1 Å². The van der Waals surface area contributed by atoms with Gasteiger partial charge in [-0.15, -0.1) is 0 Å². The Bertz CT molecular complexity index is 1130. The monoisotopic (exact) mass is 558 g/mol. The van der Waals surface area contributed by atoms with E-state index in [0.29, 0.717) is 40.5 Å². The van der Waals surface area contributed by atoms with Crippen LogP contribution < -0.4 is 9.47 Å². The maximum absolute atomic E-state index is 12.2. The van der Waals surface area contributed by atoms with E-state index in [2.05, 4.69) is 27.0 Å². The highest BCUT2D eigenvalue weighted by Crippen LogP contribution is 2.40.